The van der Waals surface area contributed by atoms with Crippen molar-refractivity contribution >= 4 is 23.7 Å². The molecule has 2 aromatic rings. The molecular weight excluding hydrogens is 371 g/mol. The zero-order valence-electron chi connectivity index (χ0n) is 13.9. The highest BCUT2D eigenvalue weighted by molar-refractivity contribution is 7.99. The Morgan fingerprint density at radius 1 is 1.27 bits per heavy atom. The number of alkyl halides is 3. The Morgan fingerprint density at radius 3 is 2.65 bits per heavy atom. The summed E-state index contributed by atoms with van der Waals surface area (Å²) in [6.07, 6.45) is -3.05. The van der Waals surface area contributed by atoms with E-state index in [0.29, 0.717) is 5.16 Å². The Labute approximate surface area is 151 Å². The monoisotopic (exact) mass is 387 g/mol. The molecule has 0 aliphatic heterocycles. The van der Waals surface area contributed by atoms with Crippen LogP contribution in [0.3, 0.4) is 0 Å². The number of nitrogens with one attached hydrogen (secondary N) is 2. The topological polar surface area (TPSA) is 88.9 Å². The summed E-state index contributed by atoms with van der Waals surface area (Å²) in [5.41, 5.74) is 2.92. The molecule has 7 nitrogen and oxygen atoms in total. The van der Waals surface area contributed by atoms with Crippen molar-refractivity contribution < 1.29 is 22.8 Å². The van der Waals surface area contributed by atoms with Crippen LogP contribution in [0.5, 0.6) is 0 Å². The molecule has 1 aromatic heterocycles. The third-order valence-corrected chi connectivity index (χ3v) is 4.11. The first-order valence-corrected chi connectivity index (χ1v) is 8.39. The van der Waals surface area contributed by atoms with Crippen molar-refractivity contribution in [2.24, 2.45) is 0 Å². The molecule has 140 valence electrons. The summed E-state index contributed by atoms with van der Waals surface area (Å²) in [7, 11) is 0. The number of hydrogen-bond donors (Lipinski definition) is 2. The minimum Gasteiger partial charge on any atom is -0.329 e. The molecule has 2 N–H and O–H groups in total. The predicted octanol–water partition coefficient (Wildman–Crippen LogP) is 2.36. The molecule has 0 saturated heterocycles. The summed E-state index contributed by atoms with van der Waals surface area (Å²) >= 11 is 1.01. The van der Waals surface area contributed by atoms with Gasteiger partial charge in [-0.1, -0.05) is 29.5 Å². The molecule has 0 radical (unpaired) electrons. The van der Waals surface area contributed by atoms with Crippen LogP contribution in [0.15, 0.2) is 29.7 Å². The number of halogens is 3. The smallest absolute Gasteiger partial charge is 0.329 e. The average Bonchev–Trinajstić information content (AvgIpc) is 2.98. The number of rotatable bonds is 5. The van der Waals surface area contributed by atoms with Gasteiger partial charge in [0.05, 0.1) is 11.4 Å². The lowest BCUT2D eigenvalue weighted by atomic mass is 10.1. The summed E-state index contributed by atoms with van der Waals surface area (Å²) in [5, 5.41) is 11.5. The van der Waals surface area contributed by atoms with Gasteiger partial charge in [-0.3, -0.25) is 14.7 Å². The Hall–Kier alpha value is -2.56. The normalized spacial score (nSPS) is 11.3. The number of aryl methyl sites for hydroxylation is 2. The van der Waals surface area contributed by atoms with Crippen LogP contribution in [0.1, 0.15) is 11.1 Å². The lowest BCUT2D eigenvalue weighted by Crippen LogP contribution is -2.43. The van der Waals surface area contributed by atoms with Gasteiger partial charge in [0.25, 0.3) is 0 Å². The highest BCUT2D eigenvalue weighted by atomic mass is 32.2. The van der Waals surface area contributed by atoms with E-state index in [-0.39, 0.29) is 5.75 Å². The fraction of sp³-hybridized carbons (Fsp3) is 0.333. The van der Waals surface area contributed by atoms with Crippen LogP contribution in [0.2, 0.25) is 0 Å². The van der Waals surface area contributed by atoms with Crippen LogP contribution >= 0.6 is 11.8 Å². The van der Waals surface area contributed by atoms with Gasteiger partial charge in [0.15, 0.2) is 5.16 Å². The summed E-state index contributed by atoms with van der Waals surface area (Å²) in [4.78, 5) is 22.9. The lowest BCUT2D eigenvalue weighted by Gasteiger charge is -2.10. The zero-order chi connectivity index (χ0) is 19.3. The Bertz CT molecular complexity index is 807. The molecule has 0 spiro atoms. The van der Waals surface area contributed by atoms with Crippen LogP contribution in [0.25, 0.3) is 5.69 Å². The molecule has 26 heavy (non-hydrogen) atoms. The van der Waals surface area contributed by atoms with Gasteiger partial charge in [0.1, 0.15) is 12.9 Å². The molecular formula is C15H16F3N5O2S. The molecule has 0 fully saturated rings. The highest BCUT2D eigenvalue weighted by Gasteiger charge is 2.28. The fourth-order valence-corrected chi connectivity index (χ4v) is 2.80. The van der Waals surface area contributed by atoms with Crippen molar-refractivity contribution in [2.45, 2.75) is 25.2 Å². The molecule has 11 heteroatoms. The molecule has 0 unspecified atom stereocenters. The molecule has 2 rings (SSSR count). The van der Waals surface area contributed by atoms with Crippen LogP contribution in [0, 0.1) is 13.8 Å². The summed E-state index contributed by atoms with van der Waals surface area (Å²) < 4.78 is 37.7. The second-order valence-corrected chi connectivity index (χ2v) is 6.35. The number of carbonyl (C=O) groups excluding carboxylic acids is 2. The van der Waals surface area contributed by atoms with Crippen molar-refractivity contribution in [3.8, 4) is 5.69 Å². The quantitative estimate of drug-likeness (QED) is 0.769. The van der Waals surface area contributed by atoms with Crippen LogP contribution in [0.4, 0.5) is 18.0 Å². The number of amides is 3. The van der Waals surface area contributed by atoms with Crippen LogP contribution in [-0.2, 0) is 4.79 Å². The van der Waals surface area contributed by atoms with Gasteiger partial charge in [-0.05, 0) is 25.5 Å². The van der Waals surface area contributed by atoms with Gasteiger partial charge in [-0.15, -0.1) is 10.2 Å². The minimum absolute atomic E-state index is 0.205. The number of hydrogen-bond acceptors (Lipinski definition) is 5. The number of carbonyl (C=O) groups is 2. The summed E-state index contributed by atoms with van der Waals surface area (Å²) in [5.74, 6) is -0.951. The van der Waals surface area contributed by atoms with Gasteiger partial charge < -0.3 is 5.32 Å². The number of aromatic nitrogens is 3. The molecule has 1 heterocycles. The molecule has 3 amide bonds. The Morgan fingerprint density at radius 2 is 2.00 bits per heavy atom. The maximum absolute atomic E-state index is 12.0. The number of thioether (sulfide) groups is 1. The van der Waals surface area contributed by atoms with Crippen LogP contribution < -0.4 is 10.6 Å². The van der Waals surface area contributed by atoms with Gasteiger partial charge in [0.2, 0.25) is 5.91 Å². The van der Waals surface area contributed by atoms with E-state index in [1.807, 2.05) is 37.4 Å². The molecule has 0 bridgehead atoms. The van der Waals surface area contributed by atoms with E-state index in [4.69, 9.17) is 0 Å². The molecule has 1 aromatic carbocycles. The molecule has 0 atom stereocenters. The van der Waals surface area contributed by atoms with Gasteiger partial charge in [-0.2, -0.15) is 13.2 Å². The lowest BCUT2D eigenvalue weighted by molar-refractivity contribution is -0.124. The standard InChI is InChI=1S/C15H16F3N5O2S/c1-9-3-4-11(10(2)5-9)23-8-20-22-14(23)26-6-12(24)21-13(25)19-7-15(16,17)18/h3-5,8H,6-7H2,1-2H3,(H2,19,21,24,25). The van der Waals surface area contributed by atoms with Crippen molar-refractivity contribution in [1.82, 2.24) is 25.4 Å². The Kier molecular flexibility index (Phi) is 6.24. The number of urea groups is 1. The van der Waals surface area contributed by atoms with Crippen molar-refractivity contribution in [2.75, 3.05) is 12.3 Å². The fourth-order valence-electron chi connectivity index (χ4n) is 2.08. The molecule has 0 aliphatic carbocycles. The third kappa shape index (κ3) is 5.76. The maximum Gasteiger partial charge on any atom is 0.405 e. The molecule has 0 aliphatic rings. The Balaban J connectivity index is 1.93. The second kappa shape index (κ2) is 8.21. The van der Waals surface area contributed by atoms with Crippen LogP contribution in [-0.4, -0.2) is 45.2 Å². The van der Waals surface area contributed by atoms with Gasteiger partial charge in [-0.25, -0.2) is 4.79 Å². The van der Waals surface area contributed by atoms with E-state index >= 15 is 0 Å². The maximum atomic E-state index is 12.0. The first kappa shape index (κ1) is 19.8. The van der Waals surface area contributed by atoms with Crippen molar-refractivity contribution in [3.63, 3.8) is 0 Å². The van der Waals surface area contributed by atoms with E-state index in [1.165, 1.54) is 6.33 Å². The molecule has 0 saturated carbocycles. The highest BCUT2D eigenvalue weighted by Crippen LogP contribution is 2.22. The van der Waals surface area contributed by atoms with E-state index < -0.39 is 24.7 Å². The van der Waals surface area contributed by atoms with Gasteiger partial charge >= 0.3 is 12.2 Å². The number of imide groups is 1. The second-order valence-electron chi connectivity index (χ2n) is 5.41. The first-order chi connectivity index (χ1) is 12.2. The van der Waals surface area contributed by atoms with E-state index in [9.17, 15) is 22.8 Å². The van der Waals surface area contributed by atoms with E-state index in [2.05, 4.69) is 10.2 Å². The first-order valence-electron chi connectivity index (χ1n) is 7.40. The van der Waals surface area contributed by atoms with Gasteiger partial charge in [0, 0.05) is 0 Å². The zero-order valence-corrected chi connectivity index (χ0v) is 14.7. The minimum atomic E-state index is -4.54. The largest absolute Gasteiger partial charge is 0.405 e. The van der Waals surface area contributed by atoms with Crippen molar-refractivity contribution in [1.29, 1.82) is 0 Å². The number of benzene rings is 1. The number of nitrogens with zero attached hydrogens (tertiary/aromatic N) is 3. The van der Waals surface area contributed by atoms with Crippen molar-refractivity contribution in [3.05, 3.63) is 35.7 Å². The average molecular weight is 387 g/mol. The SMILES string of the molecule is Cc1ccc(-n2cnnc2SCC(=O)NC(=O)NCC(F)(F)F)c(C)c1. The summed E-state index contributed by atoms with van der Waals surface area (Å²) in [6.45, 7) is 2.38. The van der Waals surface area contributed by atoms with E-state index in [1.54, 1.807) is 9.88 Å². The third-order valence-electron chi connectivity index (χ3n) is 3.16. The summed E-state index contributed by atoms with van der Waals surface area (Å²) in [6, 6.07) is 4.60. The predicted molar refractivity (Wildman–Crippen MR) is 89.2 cm³/mol. The van der Waals surface area contributed by atoms with E-state index in [0.717, 1.165) is 28.6 Å².